The fourth-order valence-corrected chi connectivity index (χ4v) is 4.56. The van der Waals surface area contributed by atoms with E-state index in [1.807, 2.05) is 61.5 Å². The highest BCUT2D eigenvalue weighted by Gasteiger charge is 2.38. The number of benzene rings is 2. The molecule has 1 saturated heterocycles. The van der Waals surface area contributed by atoms with Gasteiger partial charge in [-0.2, -0.15) is 0 Å². The molecule has 3 rings (SSSR count). The Hall–Kier alpha value is -3.13. The van der Waals surface area contributed by atoms with Crippen molar-refractivity contribution in [3.05, 3.63) is 60.2 Å². The number of carbonyl (C=O) groups is 3. The topological polar surface area (TPSA) is 88.1 Å². The second-order valence-electron chi connectivity index (χ2n) is 7.83. The van der Waals surface area contributed by atoms with Gasteiger partial charge < -0.3 is 10.1 Å². The molecular weight excluding hydrogens is 438 g/mol. The normalized spacial score (nSPS) is 16.8. The maximum atomic E-state index is 13.1. The summed E-state index contributed by atoms with van der Waals surface area (Å²) in [5.74, 6) is -0.542. The van der Waals surface area contributed by atoms with E-state index in [2.05, 4.69) is 15.0 Å². The third kappa shape index (κ3) is 7.46. The maximum absolute atomic E-state index is 13.1. The Morgan fingerprint density at radius 3 is 2.48 bits per heavy atom. The number of thioether (sulfide) groups is 1. The summed E-state index contributed by atoms with van der Waals surface area (Å²) >= 11 is 1.33. The molecule has 1 aliphatic rings. The molecule has 174 valence electrons. The molecule has 2 amide bonds. The Bertz CT molecular complexity index is 992. The Balaban J connectivity index is 1.63. The first-order valence-electron chi connectivity index (χ1n) is 11.0. The van der Waals surface area contributed by atoms with Gasteiger partial charge in [0.2, 0.25) is 11.8 Å². The Morgan fingerprint density at radius 2 is 1.79 bits per heavy atom. The smallest absolute Gasteiger partial charge is 0.305 e. The lowest BCUT2D eigenvalue weighted by molar-refractivity contribution is -0.140. The first-order valence-corrected chi connectivity index (χ1v) is 11.9. The number of rotatable bonds is 10. The molecule has 0 radical (unpaired) electrons. The van der Waals surface area contributed by atoms with Crippen LogP contribution in [0.4, 0.5) is 11.4 Å². The number of amides is 2. The number of nitrogens with one attached hydrogen (secondary N) is 1. The summed E-state index contributed by atoms with van der Waals surface area (Å²) in [4.78, 5) is 43.3. The SMILES string of the molecule is COC(=O)CCCCCN1C(=O)C(CC(=O)Nc2ccc(C)cc2)SC1=Nc1ccccc1. The van der Waals surface area contributed by atoms with E-state index in [9.17, 15) is 14.4 Å². The van der Waals surface area contributed by atoms with Gasteiger partial charge in [0.25, 0.3) is 0 Å². The van der Waals surface area contributed by atoms with Crippen molar-refractivity contribution in [3.8, 4) is 0 Å². The standard InChI is InChI=1S/C25H29N3O4S/c1-18-12-14-20(15-13-18)26-22(29)17-21-24(31)28(16-8-4-7-11-23(30)32-2)25(33-21)27-19-9-5-3-6-10-19/h3,5-6,9-10,12-15,21H,4,7-8,11,16-17H2,1-2H3,(H,26,29). The minimum Gasteiger partial charge on any atom is -0.469 e. The molecule has 1 N–H and O–H groups in total. The molecule has 33 heavy (non-hydrogen) atoms. The fourth-order valence-electron chi connectivity index (χ4n) is 3.38. The van der Waals surface area contributed by atoms with Crippen molar-refractivity contribution in [3.63, 3.8) is 0 Å². The molecule has 0 bridgehead atoms. The molecule has 7 nitrogen and oxygen atoms in total. The molecule has 2 aromatic carbocycles. The Labute approximate surface area is 198 Å². The number of para-hydroxylation sites is 1. The molecule has 0 saturated carbocycles. The molecule has 8 heteroatoms. The van der Waals surface area contributed by atoms with Crippen LogP contribution in [0.3, 0.4) is 0 Å². The van der Waals surface area contributed by atoms with E-state index >= 15 is 0 Å². The van der Waals surface area contributed by atoms with E-state index in [4.69, 9.17) is 0 Å². The zero-order valence-corrected chi connectivity index (χ0v) is 19.8. The summed E-state index contributed by atoms with van der Waals surface area (Å²) < 4.78 is 4.67. The second-order valence-corrected chi connectivity index (χ2v) is 9.00. The molecule has 0 aliphatic carbocycles. The lowest BCUT2D eigenvalue weighted by atomic mass is 10.2. The number of aliphatic imine (C=N–C) groups is 1. The third-order valence-electron chi connectivity index (χ3n) is 5.20. The first kappa shape index (κ1) is 24.5. The van der Waals surface area contributed by atoms with E-state index in [0.29, 0.717) is 30.2 Å². The van der Waals surface area contributed by atoms with E-state index in [1.165, 1.54) is 18.9 Å². The fraction of sp³-hybridized carbons (Fsp3) is 0.360. The van der Waals surface area contributed by atoms with Gasteiger partial charge in [0, 0.05) is 25.1 Å². The van der Waals surface area contributed by atoms with Gasteiger partial charge in [-0.15, -0.1) is 0 Å². The van der Waals surface area contributed by atoms with Gasteiger partial charge in [0.05, 0.1) is 12.8 Å². The van der Waals surface area contributed by atoms with E-state index in [0.717, 1.165) is 24.1 Å². The Morgan fingerprint density at radius 1 is 1.06 bits per heavy atom. The molecule has 0 spiro atoms. The number of aryl methyl sites for hydroxylation is 1. The molecule has 1 atom stereocenters. The van der Waals surface area contributed by atoms with Crippen LogP contribution < -0.4 is 5.32 Å². The second kappa shape index (κ2) is 12.2. The number of methoxy groups -OCH3 is 1. The summed E-state index contributed by atoms with van der Waals surface area (Å²) in [5, 5.41) is 2.95. The first-order chi connectivity index (χ1) is 16.0. The molecule has 1 fully saturated rings. The zero-order valence-electron chi connectivity index (χ0n) is 19.0. The molecule has 2 aromatic rings. The number of hydrogen-bond donors (Lipinski definition) is 1. The number of ether oxygens (including phenoxy) is 1. The van der Waals surface area contributed by atoms with Gasteiger partial charge in [-0.25, -0.2) is 4.99 Å². The van der Waals surface area contributed by atoms with Crippen molar-refractivity contribution in [2.45, 2.75) is 44.3 Å². The van der Waals surface area contributed by atoms with Gasteiger partial charge in [-0.05, 0) is 44.0 Å². The number of unbranched alkanes of at least 4 members (excludes halogenated alkanes) is 2. The molecule has 1 heterocycles. The third-order valence-corrected chi connectivity index (χ3v) is 6.37. The lowest BCUT2D eigenvalue weighted by Gasteiger charge is -2.16. The van der Waals surface area contributed by atoms with Gasteiger partial charge in [-0.3, -0.25) is 19.3 Å². The number of amidine groups is 1. The van der Waals surface area contributed by atoms with Crippen LogP contribution in [0.5, 0.6) is 0 Å². The van der Waals surface area contributed by atoms with E-state index in [-0.39, 0.29) is 24.2 Å². The quantitative estimate of drug-likeness (QED) is 0.405. The van der Waals surface area contributed by atoms with Crippen molar-refractivity contribution in [1.82, 2.24) is 4.90 Å². The summed E-state index contributed by atoms with van der Waals surface area (Å²) in [6, 6.07) is 17.0. The number of esters is 1. The predicted octanol–water partition coefficient (Wildman–Crippen LogP) is 4.69. The van der Waals surface area contributed by atoms with Crippen molar-refractivity contribution in [2.75, 3.05) is 19.0 Å². The predicted molar refractivity (Wildman–Crippen MR) is 132 cm³/mol. The highest BCUT2D eigenvalue weighted by atomic mass is 32.2. The van der Waals surface area contributed by atoms with Gasteiger partial charge in [0.1, 0.15) is 5.25 Å². The summed E-state index contributed by atoms with van der Waals surface area (Å²) in [5.41, 5.74) is 2.58. The monoisotopic (exact) mass is 467 g/mol. The zero-order chi connectivity index (χ0) is 23.6. The number of hydrogen-bond acceptors (Lipinski definition) is 6. The minimum atomic E-state index is -0.520. The minimum absolute atomic E-state index is 0.0734. The van der Waals surface area contributed by atoms with Gasteiger partial charge in [0.15, 0.2) is 5.17 Å². The average Bonchev–Trinajstić information content (AvgIpc) is 3.09. The van der Waals surface area contributed by atoms with Crippen LogP contribution in [-0.4, -0.2) is 46.8 Å². The van der Waals surface area contributed by atoms with Crippen LogP contribution >= 0.6 is 11.8 Å². The number of nitrogens with zero attached hydrogens (tertiary/aromatic N) is 2. The number of carbonyl (C=O) groups excluding carboxylic acids is 3. The van der Waals surface area contributed by atoms with E-state index in [1.54, 1.807) is 4.90 Å². The highest BCUT2D eigenvalue weighted by molar-refractivity contribution is 8.15. The number of anilines is 1. The van der Waals surface area contributed by atoms with Crippen LogP contribution in [0, 0.1) is 6.92 Å². The molecule has 1 aliphatic heterocycles. The molecule has 1 unspecified atom stereocenters. The van der Waals surface area contributed by atoms with Crippen LogP contribution in [0.25, 0.3) is 0 Å². The summed E-state index contributed by atoms with van der Waals surface area (Å²) in [6.07, 6.45) is 2.67. The van der Waals surface area contributed by atoms with Crippen LogP contribution in [0.2, 0.25) is 0 Å². The van der Waals surface area contributed by atoms with Crippen molar-refractivity contribution < 1.29 is 19.1 Å². The van der Waals surface area contributed by atoms with Gasteiger partial charge in [-0.1, -0.05) is 54.1 Å². The van der Waals surface area contributed by atoms with Gasteiger partial charge >= 0.3 is 5.97 Å². The summed E-state index contributed by atoms with van der Waals surface area (Å²) in [7, 11) is 1.38. The van der Waals surface area contributed by atoms with Crippen molar-refractivity contribution >= 4 is 46.1 Å². The average molecular weight is 468 g/mol. The Kier molecular flexibility index (Phi) is 9.06. The molecule has 0 aromatic heterocycles. The van der Waals surface area contributed by atoms with Crippen LogP contribution in [-0.2, 0) is 19.1 Å². The lowest BCUT2D eigenvalue weighted by Crippen LogP contribution is -2.34. The summed E-state index contributed by atoms with van der Waals surface area (Å²) in [6.45, 7) is 2.48. The highest BCUT2D eigenvalue weighted by Crippen LogP contribution is 2.32. The van der Waals surface area contributed by atoms with Crippen LogP contribution in [0.15, 0.2) is 59.6 Å². The van der Waals surface area contributed by atoms with Crippen molar-refractivity contribution in [2.24, 2.45) is 4.99 Å². The molecular formula is C25H29N3O4S. The van der Waals surface area contributed by atoms with E-state index < -0.39 is 5.25 Å². The largest absolute Gasteiger partial charge is 0.469 e. The maximum Gasteiger partial charge on any atom is 0.305 e. The van der Waals surface area contributed by atoms with Crippen LogP contribution in [0.1, 0.15) is 37.7 Å². The van der Waals surface area contributed by atoms with Crippen molar-refractivity contribution in [1.29, 1.82) is 0 Å².